The lowest BCUT2D eigenvalue weighted by Crippen LogP contribution is -2.30. The SMILES string of the molecule is C1=NC2(CCCCC2)N=1. The van der Waals surface area contributed by atoms with E-state index in [2.05, 4.69) is 16.0 Å². The van der Waals surface area contributed by atoms with Gasteiger partial charge in [0.05, 0.1) is 6.01 Å². The molecule has 1 heterocycles. The van der Waals surface area contributed by atoms with Crippen molar-refractivity contribution in [2.75, 3.05) is 0 Å². The molecule has 1 spiro atoms. The van der Waals surface area contributed by atoms with Crippen molar-refractivity contribution in [2.45, 2.75) is 37.8 Å². The van der Waals surface area contributed by atoms with Crippen LogP contribution in [-0.2, 0) is 0 Å². The molecule has 1 saturated carbocycles. The fraction of sp³-hybridized carbons (Fsp3) is 0.857. The summed E-state index contributed by atoms with van der Waals surface area (Å²) in [6, 6.07) is 2.62. The molecule has 1 fully saturated rings. The second-order valence-corrected chi connectivity index (χ2v) is 2.87. The van der Waals surface area contributed by atoms with Crippen molar-refractivity contribution in [3.8, 4) is 0 Å². The van der Waals surface area contributed by atoms with Gasteiger partial charge < -0.3 is 0 Å². The maximum Gasteiger partial charge on any atom is 0.171 e. The lowest BCUT2D eigenvalue weighted by Gasteiger charge is -2.30. The van der Waals surface area contributed by atoms with Crippen LogP contribution in [0.15, 0.2) is 9.98 Å². The molecule has 0 unspecified atom stereocenters. The molecule has 2 rings (SSSR count). The summed E-state index contributed by atoms with van der Waals surface area (Å²) in [5, 5.41) is 0. The van der Waals surface area contributed by atoms with Crippen LogP contribution >= 0.6 is 0 Å². The number of hydrogen-bond donors (Lipinski definition) is 0. The summed E-state index contributed by atoms with van der Waals surface area (Å²) in [6.45, 7) is 0. The van der Waals surface area contributed by atoms with E-state index in [0.29, 0.717) is 0 Å². The molecule has 0 atom stereocenters. The number of nitrogens with zero attached hydrogens (tertiary/aromatic N) is 2. The van der Waals surface area contributed by atoms with Gasteiger partial charge in [0, 0.05) is 0 Å². The Morgan fingerprint density at radius 1 is 1.00 bits per heavy atom. The first-order valence-corrected chi connectivity index (χ1v) is 3.60. The van der Waals surface area contributed by atoms with Crippen LogP contribution < -0.4 is 0 Å². The summed E-state index contributed by atoms with van der Waals surface area (Å²) in [6.07, 6.45) is 6.30. The van der Waals surface area contributed by atoms with Crippen LogP contribution in [0.3, 0.4) is 0 Å². The highest BCUT2D eigenvalue weighted by molar-refractivity contribution is 5.50. The van der Waals surface area contributed by atoms with Gasteiger partial charge in [-0.2, -0.15) is 9.98 Å². The van der Waals surface area contributed by atoms with Crippen LogP contribution in [0.5, 0.6) is 0 Å². The summed E-state index contributed by atoms with van der Waals surface area (Å²) in [4.78, 5) is 8.29. The highest BCUT2D eigenvalue weighted by Crippen LogP contribution is 2.34. The first-order valence-electron chi connectivity index (χ1n) is 3.60. The van der Waals surface area contributed by atoms with Crippen molar-refractivity contribution in [2.24, 2.45) is 9.98 Å². The van der Waals surface area contributed by atoms with E-state index in [0.717, 1.165) is 0 Å². The highest BCUT2D eigenvalue weighted by Gasteiger charge is 2.33. The number of rotatable bonds is 0. The van der Waals surface area contributed by atoms with Crippen LogP contribution in [0.25, 0.3) is 0 Å². The molecule has 0 aromatic carbocycles. The smallest absolute Gasteiger partial charge is 0.171 e. The second-order valence-electron chi connectivity index (χ2n) is 2.87. The van der Waals surface area contributed by atoms with E-state index in [4.69, 9.17) is 0 Å². The average molecular weight is 122 g/mol. The Morgan fingerprint density at radius 2 is 1.67 bits per heavy atom. The van der Waals surface area contributed by atoms with Crippen molar-refractivity contribution in [3.63, 3.8) is 0 Å². The number of aliphatic imine (C=N–C) groups is 2. The van der Waals surface area contributed by atoms with Gasteiger partial charge in [0.2, 0.25) is 0 Å². The van der Waals surface area contributed by atoms with E-state index >= 15 is 0 Å². The lowest BCUT2D eigenvalue weighted by molar-refractivity contribution is 0.298. The zero-order chi connectivity index (χ0) is 6.16. The molecule has 2 nitrogen and oxygen atoms in total. The highest BCUT2D eigenvalue weighted by atomic mass is 15.2. The summed E-state index contributed by atoms with van der Waals surface area (Å²) in [5.74, 6) is 0. The molecule has 0 bridgehead atoms. The van der Waals surface area contributed by atoms with Crippen LogP contribution in [0.4, 0.5) is 0 Å². The van der Waals surface area contributed by atoms with Gasteiger partial charge in [0.1, 0.15) is 0 Å². The van der Waals surface area contributed by atoms with Gasteiger partial charge in [-0.1, -0.05) is 6.42 Å². The molecule has 0 saturated heterocycles. The third kappa shape index (κ3) is 0.707. The van der Waals surface area contributed by atoms with Crippen molar-refractivity contribution in [1.29, 1.82) is 0 Å². The molecule has 0 radical (unpaired) electrons. The van der Waals surface area contributed by atoms with Gasteiger partial charge in [-0.25, -0.2) is 0 Å². The monoisotopic (exact) mass is 122 g/mol. The van der Waals surface area contributed by atoms with Crippen LogP contribution in [0.1, 0.15) is 32.1 Å². The summed E-state index contributed by atoms with van der Waals surface area (Å²) in [7, 11) is 0. The van der Waals surface area contributed by atoms with Gasteiger partial charge in [0.15, 0.2) is 5.66 Å². The third-order valence-electron chi connectivity index (χ3n) is 2.17. The standard InChI is InChI=1S/C7H10N2/c1-2-4-7(5-3-1)8-6-9-7/h1-5H2. The molecular formula is C7H10N2. The molecule has 0 aromatic heterocycles. The molecule has 2 aliphatic rings. The first kappa shape index (κ1) is 5.19. The van der Waals surface area contributed by atoms with E-state index in [-0.39, 0.29) is 5.66 Å². The molecule has 0 N–H and O–H groups in total. The molecule has 48 valence electrons. The summed E-state index contributed by atoms with van der Waals surface area (Å²) >= 11 is 0. The predicted molar refractivity (Wildman–Crippen MR) is 35.7 cm³/mol. The third-order valence-corrected chi connectivity index (χ3v) is 2.17. The average Bonchev–Trinajstić information content (AvgIpc) is 1.87. The second kappa shape index (κ2) is 1.68. The Hall–Kier alpha value is -0.620. The van der Waals surface area contributed by atoms with E-state index in [1.165, 1.54) is 32.1 Å². The van der Waals surface area contributed by atoms with E-state index in [1.54, 1.807) is 0 Å². The zero-order valence-corrected chi connectivity index (χ0v) is 5.43. The molecule has 0 aromatic rings. The topological polar surface area (TPSA) is 24.7 Å². The Bertz CT molecular complexity index is 161. The van der Waals surface area contributed by atoms with Crippen LogP contribution in [-0.4, -0.2) is 11.7 Å². The van der Waals surface area contributed by atoms with Crippen molar-refractivity contribution in [3.05, 3.63) is 0 Å². The minimum Gasteiger partial charge on any atom is -0.194 e. The minimum atomic E-state index is 0.0399. The van der Waals surface area contributed by atoms with Gasteiger partial charge >= 0.3 is 0 Å². The Morgan fingerprint density at radius 3 is 2.00 bits per heavy atom. The molecule has 9 heavy (non-hydrogen) atoms. The molecule has 1 aliphatic heterocycles. The summed E-state index contributed by atoms with van der Waals surface area (Å²) in [5.41, 5.74) is 0.0399. The van der Waals surface area contributed by atoms with Gasteiger partial charge in [-0.15, -0.1) is 0 Å². The Balaban J connectivity index is 2.05. The minimum absolute atomic E-state index is 0.0399. The van der Waals surface area contributed by atoms with E-state index in [1.807, 2.05) is 0 Å². The van der Waals surface area contributed by atoms with Crippen molar-refractivity contribution >= 4 is 6.01 Å². The molecule has 1 aliphatic carbocycles. The Kier molecular flexibility index (Phi) is 0.967. The molecular weight excluding hydrogens is 112 g/mol. The maximum absolute atomic E-state index is 4.14. The first-order chi connectivity index (χ1) is 4.41. The maximum atomic E-state index is 4.14. The predicted octanol–water partition coefficient (Wildman–Crippen LogP) is 1.83. The molecule has 0 amide bonds. The quantitative estimate of drug-likeness (QED) is 0.468. The fourth-order valence-electron chi connectivity index (χ4n) is 1.53. The molecule has 2 heteroatoms. The van der Waals surface area contributed by atoms with Gasteiger partial charge in [0.25, 0.3) is 0 Å². The van der Waals surface area contributed by atoms with Gasteiger partial charge in [-0.3, -0.25) is 0 Å². The largest absolute Gasteiger partial charge is 0.194 e. The zero-order valence-electron chi connectivity index (χ0n) is 5.43. The van der Waals surface area contributed by atoms with Crippen LogP contribution in [0, 0.1) is 0 Å². The van der Waals surface area contributed by atoms with Crippen molar-refractivity contribution < 1.29 is 0 Å². The number of hydrogen-bond acceptors (Lipinski definition) is 2. The van der Waals surface area contributed by atoms with E-state index < -0.39 is 0 Å². The van der Waals surface area contributed by atoms with Crippen molar-refractivity contribution in [1.82, 2.24) is 0 Å². The van der Waals surface area contributed by atoms with E-state index in [9.17, 15) is 0 Å². The van der Waals surface area contributed by atoms with Crippen LogP contribution in [0.2, 0.25) is 0 Å². The normalized spacial score (nSPS) is 28.4. The van der Waals surface area contributed by atoms with Gasteiger partial charge in [-0.05, 0) is 25.7 Å². The lowest BCUT2D eigenvalue weighted by atomic mass is 9.89. The fourth-order valence-corrected chi connectivity index (χ4v) is 1.53. The Labute approximate surface area is 54.7 Å². The summed E-state index contributed by atoms with van der Waals surface area (Å²) < 4.78 is 0.